The first-order valence-electron chi connectivity index (χ1n) is 6.96. The first-order valence-corrected chi connectivity index (χ1v) is 6.96. The lowest BCUT2D eigenvalue weighted by molar-refractivity contribution is 0.746. The number of anilines is 2. The summed E-state index contributed by atoms with van der Waals surface area (Å²) in [4.78, 5) is 8.59. The third kappa shape index (κ3) is 2.89. The lowest BCUT2D eigenvalue weighted by Gasteiger charge is -2.12. The van der Waals surface area contributed by atoms with Gasteiger partial charge in [0.25, 0.3) is 0 Å². The lowest BCUT2D eigenvalue weighted by Crippen LogP contribution is -2.08. The van der Waals surface area contributed by atoms with Crippen LogP contribution < -0.4 is 10.6 Å². The van der Waals surface area contributed by atoms with Gasteiger partial charge in [0.15, 0.2) is 0 Å². The molecule has 2 heterocycles. The highest BCUT2D eigenvalue weighted by molar-refractivity contribution is 5.57. The molecule has 0 aliphatic carbocycles. The Bertz CT molecular complexity index is 575. The number of nitrogens with one attached hydrogen (secondary N) is 2. The van der Waals surface area contributed by atoms with E-state index < -0.39 is 0 Å². The van der Waals surface area contributed by atoms with Crippen molar-refractivity contribution in [3.63, 3.8) is 0 Å². The second-order valence-electron chi connectivity index (χ2n) is 4.63. The van der Waals surface area contributed by atoms with E-state index in [1.54, 1.807) is 6.33 Å². The second-order valence-corrected chi connectivity index (χ2v) is 4.63. The molecular weight excluding hydrogens is 252 g/mol. The van der Waals surface area contributed by atoms with Gasteiger partial charge in [0.1, 0.15) is 18.0 Å². The van der Waals surface area contributed by atoms with Crippen molar-refractivity contribution < 1.29 is 0 Å². The molecule has 0 saturated heterocycles. The lowest BCUT2D eigenvalue weighted by atomic mass is 10.2. The van der Waals surface area contributed by atoms with Gasteiger partial charge in [-0.05, 0) is 12.8 Å². The van der Waals surface area contributed by atoms with Crippen LogP contribution in [0.3, 0.4) is 0 Å². The maximum Gasteiger partial charge on any atom is 0.134 e. The molecule has 2 N–H and O–H groups in total. The molecule has 0 saturated carbocycles. The fraction of sp³-hybridized carbons (Fsp3) is 0.500. The zero-order valence-corrected chi connectivity index (χ0v) is 12.6. The number of hydrogen-bond acceptors (Lipinski definition) is 5. The molecule has 2 aromatic rings. The van der Waals surface area contributed by atoms with Gasteiger partial charge >= 0.3 is 0 Å². The summed E-state index contributed by atoms with van der Waals surface area (Å²) in [5, 5.41) is 11.0. The van der Waals surface area contributed by atoms with E-state index in [2.05, 4.69) is 45.7 Å². The van der Waals surface area contributed by atoms with E-state index in [0.717, 1.165) is 42.3 Å². The van der Waals surface area contributed by atoms with E-state index in [9.17, 15) is 0 Å². The molecule has 0 radical (unpaired) electrons. The number of aromatic nitrogens is 4. The van der Waals surface area contributed by atoms with Crippen LogP contribution in [0.2, 0.25) is 0 Å². The molecule has 0 unspecified atom stereocenters. The van der Waals surface area contributed by atoms with Crippen molar-refractivity contribution in [3.05, 3.63) is 29.3 Å². The molecule has 2 rings (SSSR count). The molecule has 0 aromatic carbocycles. The van der Waals surface area contributed by atoms with Crippen LogP contribution in [0.1, 0.15) is 30.7 Å². The van der Waals surface area contributed by atoms with Crippen molar-refractivity contribution in [1.82, 2.24) is 19.7 Å². The van der Waals surface area contributed by atoms with Gasteiger partial charge in [0.2, 0.25) is 0 Å². The Morgan fingerprint density at radius 1 is 1.15 bits per heavy atom. The van der Waals surface area contributed by atoms with Gasteiger partial charge in [-0.15, -0.1) is 0 Å². The first-order chi connectivity index (χ1) is 9.69. The summed E-state index contributed by atoms with van der Waals surface area (Å²) in [5.41, 5.74) is 3.44. The SMILES string of the molecule is CCc1nn(C)cc1CNc1ncnc(NC)c1CC. The Hall–Kier alpha value is -2.11. The molecular formula is C14H22N6. The van der Waals surface area contributed by atoms with Gasteiger partial charge in [-0.25, -0.2) is 9.97 Å². The van der Waals surface area contributed by atoms with Crippen LogP contribution in [-0.2, 0) is 26.4 Å². The third-order valence-corrected chi connectivity index (χ3v) is 3.31. The number of hydrogen-bond donors (Lipinski definition) is 2. The number of aryl methyl sites for hydroxylation is 2. The van der Waals surface area contributed by atoms with Crippen molar-refractivity contribution in [2.24, 2.45) is 7.05 Å². The van der Waals surface area contributed by atoms with E-state index >= 15 is 0 Å². The molecule has 0 fully saturated rings. The Morgan fingerprint density at radius 3 is 2.55 bits per heavy atom. The van der Waals surface area contributed by atoms with Gasteiger partial charge < -0.3 is 10.6 Å². The molecule has 2 aromatic heterocycles. The van der Waals surface area contributed by atoms with E-state index in [1.165, 1.54) is 5.56 Å². The third-order valence-electron chi connectivity index (χ3n) is 3.31. The summed E-state index contributed by atoms with van der Waals surface area (Å²) in [6.45, 7) is 4.95. The minimum absolute atomic E-state index is 0.726. The normalized spacial score (nSPS) is 10.6. The predicted octanol–water partition coefficient (Wildman–Crippen LogP) is 1.99. The average molecular weight is 274 g/mol. The summed E-state index contributed by atoms with van der Waals surface area (Å²) in [7, 11) is 3.82. The monoisotopic (exact) mass is 274 g/mol. The highest BCUT2D eigenvalue weighted by Gasteiger charge is 2.10. The largest absolute Gasteiger partial charge is 0.373 e. The van der Waals surface area contributed by atoms with E-state index in [-0.39, 0.29) is 0 Å². The molecule has 20 heavy (non-hydrogen) atoms. The van der Waals surface area contributed by atoms with Crippen molar-refractivity contribution in [1.29, 1.82) is 0 Å². The fourth-order valence-electron chi connectivity index (χ4n) is 2.32. The standard InChI is InChI=1S/C14H22N6/c1-5-11-13(15-3)17-9-18-14(11)16-7-10-8-20(4)19-12(10)6-2/h8-9H,5-7H2,1-4H3,(H2,15,16,17,18). The Labute approximate surface area is 119 Å². The maximum absolute atomic E-state index is 4.45. The molecule has 0 atom stereocenters. The van der Waals surface area contributed by atoms with E-state index in [4.69, 9.17) is 0 Å². The zero-order chi connectivity index (χ0) is 14.5. The summed E-state index contributed by atoms with van der Waals surface area (Å²) >= 11 is 0. The second kappa shape index (κ2) is 6.36. The summed E-state index contributed by atoms with van der Waals surface area (Å²) in [5.74, 6) is 1.77. The molecule has 0 aliphatic rings. The van der Waals surface area contributed by atoms with E-state index in [1.807, 2.05) is 18.8 Å². The first kappa shape index (κ1) is 14.3. The van der Waals surface area contributed by atoms with Gasteiger partial charge in [-0.3, -0.25) is 4.68 Å². The Morgan fingerprint density at radius 2 is 1.90 bits per heavy atom. The van der Waals surface area contributed by atoms with Crippen LogP contribution in [0.5, 0.6) is 0 Å². The quantitative estimate of drug-likeness (QED) is 0.843. The van der Waals surface area contributed by atoms with Crippen molar-refractivity contribution in [2.45, 2.75) is 33.2 Å². The van der Waals surface area contributed by atoms with Crippen molar-refractivity contribution in [2.75, 3.05) is 17.7 Å². The fourth-order valence-corrected chi connectivity index (χ4v) is 2.32. The van der Waals surface area contributed by atoms with Gasteiger partial charge in [-0.1, -0.05) is 13.8 Å². The highest BCUT2D eigenvalue weighted by Crippen LogP contribution is 2.20. The smallest absolute Gasteiger partial charge is 0.134 e. The Balaban J connectivity index is 2.18. The van der Waals surface area contributed by atoms with Crippen LogP contribution in [0, 0.1) is 0 Å². The van der Waals surface area contributed by atoms with Crippen LogP contribution >= 0.6 is 0 Å². The molecule has 0 amide bonds. The van der Waals surface area contributed by atoms with Crippen LogP contribution in [0.15, 0.2) is 12.5 Å². The minimum atomic E-state index is 0.726. The average Bonchev–Trinajstić information content (AvgIpc) is 2.84. The summed E-state index contributed by atoms with van der Waals surface area (Å²) in [6.07, 6.45) is 5.45. The molecule has 0 aliphatic heterocycles. The summed E-state index contributed by atoms with van der Waals surface area (Å²) < 4.78 is 1.86. The predicted molar refractivity (Wildman–Crippen MR) is 80.9 cm³/mol. The van der Waals surface area contributed by atoms with Gasteiger partial charge in [-0.2, -0.15) is 5.10 Å². The van der Waals surface area contributed by atoms with Crippen LogP contribution in [0.4, 0.5) is 11.6 Å². The van der Waals surface area contributed by atoms with E-state index in [0.29, 0.717) is 0 Å². The number of nitrogens with zero attached hydrogens (tertiary/aromatic N) is 4. The number of rotatable bonds is 6. The minimum Gasteiger partial charge on any atom is -0.373 e. The molecule has 108 valence electrons. The van der Waals surface area contributed by atoms with Crippen LogP contribution in [-0.4, -0.2) is 26.8 Å². The molecule has 0 bridgehead atoms. The zero-order valence-electron chi connectivity index (χ0n) is 12.6. The molecule has 6 nitrogen and oxygen atoms in total. The highest BCUT2D eigenvalue weighted by atomic mass is 15.3. The maximum atomic E-state index is 4.45. The topological polar surface area (TPSA) is 67.7 Å². The molecule has 6 heteroatoms. The molecule has 0 spiro atoms. The van der Waals surface area contributed by atoms with Crippen molar-refractivity contribution >= 4 is 11.6 Å². The van der Waals surface area contributed by atoms with Crippen LogP contribution in [0.25, 0.3) is 0 Å². The summed E-state index contributed by atoms with van der Waals surface area (Å²) in [6, 6.07) is 0. The van der Waals surface area contributed by atoms with Gasteiger partial charge in [0, 0.05) is 38.0 Å². The Kier molecular flexibility index (Phi) is 4.55. The van der Waals surface area contributed by atoms with Gasteiger partial charge in [0.05, 0.1) is 5.69 Å². The van der Waals surface area contributed by atoms with Crippen molar-refractivity contribution in [3.8, 4) is 0 Å².